The average Bonchev–Trinajstić information content (AvgIpc) is 3.08. The van der Waals surface area contributed by atoms with Gasteiger partial charge in [0, 0.05) is 12.5 Å². The highest BCUT2D eigenvalue weighted by atomic mass is 32.1. The van der Waals surface area contributed by atoms with Crippen LogP contribution in [0, 0.1) is 5.92 Å². The van der Waals surface area contributed by atoms with Gasteiger partial charge in [0.15, 0.2) is 11.0 Å². The lowest BCUT2D eigenvalue weighted by molar-refractivity contribution is -0.0436. The summed E-state index contributed by atoms with van der Waals surface area (Å²) in [4.78, 5) is 19.0. The van der Waals surface area contributed by atoms with Crippen molar-refractivity contribution in [2.24, 2.45) is 10.9 Å². The second-order valence-electron chi connectivity index (χ2n) is 7.39. The lowest BCUT2D eigenvalue weighted by atomic mass is 9.85. The van der Waals surface area contributed by atoms with E-state index in [2.05, 4.69) is 12.1 Å². The fourth-order valence-electron chi connectivity index (χ4n) is 4.26. The summed E-state index contributed by atoms with van der Waals surface area (Å²) in [5.41, 5.74) is 2.12. The van der Waals surface area contributed by atoms with E-state index >= 15 is 0 Å². The zero-order valence-corrected chi connectivity index (χ0v) is 17.0. The predicted molar refractivity (Wildman–Crippen MR) is 113 cm³/mol. The zero-order chi connectivity index (χ0) is 19.8. The lowest BCUT2D eigenvalue weighted by Gasteiger charge is -2.38. The van der Waals surface area contributed by atoms with Crippen molar-refractivity contribution in [1.29, 1.82) is 0 Å². The molecule has 3 atom stereocenters. The molecule has 2 aliphatic heterocycles. The number of thiazole rings is 1. The van der Waals surface area contributed by atoms with Gasteiger partial charge in [-0.1, -0.05) is 53.8 Å². The van der Waals surface area contributed by atoms with Crippen LogP contribution in [0.1, 0.15) is 30.0 Å². The van der Waals surface area contributed by atoms with Crippen molar-refractivity contribution in [3.63, 3.8) is 0 Å². The molecule has 0 bridgehead atoms. The van der Waals surface area contributed by atoms with Gasteiger partial charge in [-0.25, -0.2) is 4.99 Å². The van der Waals surface area contributed by atoms with Crippen LogP contribution in [0.25, 0.3) is 6.08 Å². The minimum atomic E-state index is -0.180. The van der Waals surface area contributed by atoms with Crippen molar-refractivity contribution in [3.05, 3.63) is 85.4 Å². The second-order valence-corrected chi connectivity index (χ2v) is 8.40. The molecule has 5 nitrogen and oxygen atoms in total. The molecule has 3 unspecified atom stereocenters. The van der Waals surface area contributed by atoms with Crippen LogP contribution in [-0.2, 0) is 4.74 Å². The molecule has 5 rings (SSSR count). The van der Waals surface area contributed by atoms with Crippen LogP contribution in [0.15, 0.2) is 64.4 Å². The number of hydrogen-bond acceptors (Lipinski definition) is 5. The molecule has 0 saturated carbocycles. The predicted octanol–water partition coefficient (Wildman–Crippen LogP) is 2.72. The summed E-state index contributed by atoms with van der Waals surface area (Å²) in [5.74, 6) is 0.976. The Morgan fingerprint density at radius 2 is 1.97 bits per heavy atom. The summed E-state index contributed by atoms with van der Waals surface area (Å²) < 4.78 is 13.8. The monoisotopic (exact) mass is 406 g/mol. The highest BCUT2D eigenvalue weighted by molar-refractivity contribution is 7.07. The van der Waals surface area contributed by atoms with Crippen molar-refractivity contribution in [2.75, 3.05) is 13.7 Å². The molecule has 2 aliphatic rings. The number of fused-ring (bicyclic) bond motifs is 2. The summed E-state index contributed by atoms with van der Waals surface area (Å²) in [7, 11) is 1.64. The Balaban J connectivity index is 1.67. The van der Waals surface area contributed by atoms with Gasteiger partial charge >= 0.3 is 0 Å². The molecule has 0 amide bonds. The Morgan fingerprint density at radius 3 is 2.72 bits per heavy atom. The maximum Gasteiger partial charge on any atom is 0.270 e. The van der Waals surface area contributed by atoms with Gasteiger partial charge in [0.1, 0.15) is 5.75 Å². The lowest BCUT2D eigenvalue weighted by Crippen LogP contribution is -2.47. The summed E-state index contributed by atoms with van der Waals surface area (Å²) in [5, 5.41) is 0. The van der Waals surface area contributed by atoms with Crippen LogP contribution in [0.3, 0.4) is 0 Å². The van der Waals surface area contributed by atoms with Crippen molar-refractivity contribution >= 4 is 17.4 Å². The van der Waals surface area contributed by atoms with Crippen molar-refractivity contribution in [2.45, 2.75) is 25.1 Å². The topological polar surface area (TPSA) is 52.8 Å². The first-order valence-electron chi connectivity index (χ1n) is 9.86. The molecule has 1 saturated heterocycles. The number of methoxy groups -OCH3 is 1. The Morgan fingerprint density at radius 1 is 1.17 bits per heavy atom. The Bertz CT molecular complexity index is 1180. The maximum atomic E-state index is 13.4. The summed E-state index contributed by atoms with van der Waals surface area (Å²) >= 11 is 1.44. The van der Waals surface area contributed by atoms with E-state index in [0.717, 1.165) is 41.1 Å². The van der Waals surface area contributed by atoms with Crippen LogP contribution < -0.4 is 19.6 Å². The van der Waals surface area contributed by atoms with E-state index in [1.54, 1.807) is 7.11 Å². The number of hydrogen-bond donors (Lipinski definition) is 0. The molecule has 2 aromatic carbocycles. The Labute approximate surface area is 172 Å². The molecule has 0 aliphatic carbocycles. The molecule has 3 aromatic rings. The van der Waals surface area contributed by atoms with E-state index in [4.69, 9.17) is 14.5 Å². The van der Waals surface area contributed by atoms with E-state index in [1.165, 1.54) is 11.3 Å². The van der Waals surface area contributed by atoms with Crippen LogP contribution in [-0.4, -0.2) is 24.5 Å². The van der Waals surface area contributed by atoms with E-state index in [9.17, 15) is 4.79 Å². The number of ether oxygens (including phenoxy) is 2. The normalized spacial score (nSPS) is 23.8. The Kier molecular flexibility index (Phi) is 4.81. The van der Waals surface area contributed by atoms with Gasteiger partial charge in [0.05, 0.1) is 17.7 Å². The fourth-order valence-corrected chi connectivity index (χ4v) is 5.29. The third-order valence-electron chi connectivity index (χ3n) is 5.65. The number of benzene rings is 2. The molecule has 0 N–H and O–H groups in total. The highest BCUT2D eigenvalue weighted by Crippen LogP contribution is 2.36. The van der Waals surface area contributed by atoms with Gasteiger partial charge in [-0.2, -0.15) is 0 Å². The number of aromatic nitrogens is 1. The summed E-state index contributed by atoms with van der Waals surface area (Å²) in [6.07, 6.45) is 3.76. The summed E-state index contributed by atoms with van der Waals surface area (Å²) in [6, 6.07) is 17.9. The van der Waals surface area contributed by atoms with E-state index in [-0.39, 0.29) is 23.7 Å². The molecular formula is C23H22N2O3S. The molecule has 148 valence electrons. The van der Waals surface area contributed by atoms with Crippen LogP contribution >= 0.6 is 11.3 Å². The second kappa shape index (κ2) is 7.61. The van der Waals surface area contributed by atoms with Crippen molar-refractivity contribution < 1.29 is 9.47 Å². The van der Waals surface area contributed by atoms with Crippen molar-refractivity contribution in [3.8, 4) is 5.75 Å². The third kappa shape index (κ3) is 3.32. The molecule has 29 heavy (non-hydrogen) atoms. The molecular weight excluding hydrogens is 384 g/mol. The molecule has 3 heterocycles. The molecule has 0 radical (unpaired) electrons. The van der Waals surface area contributed by atoms with E-state index < -0.39 is 0 Å². The zero-order valence-electron chi connectivity index (χ0n) is 16.2. The SMILES string of the molecule is COc1ccc(/C=c2\sc3n(c2=O)C(c2ccccc2)C2CCCOC2N=3)cc1. The van der Waals surface area contributed by atoms with Gasteiger partial charge in [-0.3, -0.25) is 9.36 Å². The number of rotatable bonds is 3. The van der Waals surface area contributed by atoms with Gasteiger partial charge in [0.2, 0.25) is 0 Å². The van der Waals surface area contributed by atoms with E-state index in [1.807, 2.05) is 53.1 Å². The van der Waals surface area contributed by atoms with Crippen molar-refractivity contribution in [1.82, 2.24) is 4.57 Å². The fraction of sp³-hybridized carbons (Fsp3) is 0.304. The van der Waals surface area contributed by atoms with Gasteiger partial charge in [0.25, 0.3) is 5.56 Å². The molecule has 0 spiro atoms. The number of nitrogens with zero attached hydrogens (tertiary/aromatic N) is 2. The average molecular weight is 407 g/mol. The quantitative estimate of drug-likeness (QED) is 0.672. The maximum absolute atomic E-state index is 13.4. The molecule has 1 fully saturated rings. The molecule has 1 aromatic heterocycles. The third-order valence-corrected chi connectivity index (χ3v) is 6.65. The van der Waals surface area contributed by atoms with Crippen LogP contribution in [0.5, 0.6) is 5.75 Å². The highest BCUT2D eigenvalue weighted by Gasteiger charge is 2.39. The van der Waals surface area contributed by atoms with Gasteiger partial charge < -0.3 is 9.47 Å². The minimum absolute atomic E-state index is 0.0162. The summed E-state index contributed by atoms with van der Waals surface area (Å²) in [6.45, 7) is 0.729. The minimum Gasteiger partial charge on any atom is -0.497 e. The first-order valence-corrected chi connectivity index (χ1v) is 10.7. The first kappa shape index (κ1) is 18.3. The van der Waals surface area contributed by atoms with Gasteiger partial charge in [-0.05, 0) is 42.2 Å². The smallest absolute Gasteiger partial charge is 0.270 e. The largest absolute Gasteiger partial charge is 0.497 e. The van der Waals surface area contributed by atoms with Crippen LogP contribution in [0.2, 0.25) is 0 Å². The van der Waals surface area contributed by atoms with E-state index in [0.29, 0.717) is 4.53 Å². The van der Waals surface area contributed by atoms with Gasteiger partial charge in [-0.15, -0.1) is 0 Å². The standard InChI is InChI=1S/C23H22N2O3S/c1-27-17-11-9-15(10-12-17)14-19-22(26)25-20(16-6-3-2-4-7-16)18-8-5-13-28-21(18)24-23(25)29-19/h2-4,6-7,9-12,14,18,20-21H,5,8,13H2,1H3/b19-14-. The first-order chi connectivity index (χ1) is 14.2. The Hall–Kier alpha value is -2.70. The van der Waals surface area contributed by atoms with Crippen LogP contribution in [0.4, 0.5) is 0 Å². The molecule has 6 heteroatoms.